The third kappa shape index (κ3) is 3.09. The standard InChI is InChI=1S/C19H25BFN3O3/c1-17(2)11-24-14(10-25-17)15(20-26-18(3,4)19(5,6)27-20)16(23-24)13-8-7-12(21)9-22-13/h7-9H,10-11H2,1-6H3. The lowest BCUT2D eigenvalue weighted by atomic mass is 9.76. The van der Waals surface area contributed by atoms with Crippen LogP contribution in [0.1, 0.15) is 47.2 Å². The lowest BCUT2D eigenvalue weighted by molar-refractivity contribution is -0.0656. The van der Waals surface area contributed by atoms with Gasteiger partial charge in [0.25, 0.3) is 0 Å². The van der Waals surface area contributed by atoms with Gasteiger partial charge in [0.1, 0.15) is 11.5 Å². The number of rotatable bonds is 2. The number of aromatic nitrogens is 3. The number of hydrogen-bond acceptors (Lipinski definition) is 5. The van der Waals surface area contributed by atoms with Gasteiger partial charge >= 0.3 is 7.12 Å². The molecule has 27 heavy (non-hydrogen) atoms. The SMILES string of the molecule is CC1(C)Cn2nc(-c3ccc(F)cn3)c(B3OC(C)(C)C(C)(C)O3)c2CO1. The topological polar surface area (TPSA) is 58.4 Å². The molecule has 8 heteroatoms. The van der Waals surface area contributed by atoms with Gasteiger partial charge in [-0.2, -0.15) is 5.10 Å². The summed E-state index contributed by atoms with van der Waals surface area (Å²) in [7, 11) is -0.592. The Morgan fingerprint density at radius 3 is 2.33 bits per heavy atom. The maximum Gasteiger partial charge on any atom is 0.499 e. The van der Waals surface area contributed by atoms with Crippen molar-refractivity contribution in [2.75, 3.05) is 0 Å². The van der Waals surface area contributed by atoms with Crippen molar-refractivity contribution < 1.29 is 18.4 Å². The molecule has 4 rings (SSSR count). The number of hydrogen-bond donors (Lipinski definition) is 0. The minimum absolute atomic E-state index is 0.320. The van der Waals surface area contributed by atoms with Crippen LogP contribution >= 0.6 is 0 Å². The Labute approximate surface area is 159 Å². The molecular weight excluding hydrogens is 348 g/mol. The van der Waals surface area contributed by atoms with Gasteiger partial charge in [-0.25, -0.2) is 4.39 Å². The number of nitrogens with zero attached hydrogens (tertiary/aromatic N) is 3. The molecule has 4 heterocycles. The molecule has 2 aromatic heterocycles. The van der Waals surface area contributed by atoms with Gasteiger partial charge in [-0.1, -0.05) is 0 Å². The fourth-order valence-corrected chi connectivity index (χ4v) is 3.38. The first-order valence-electron chi connectivity index (χ1n) is 9.20. The average molecular weight is 373 g/mol. The zero-order valence-electron chi connectivity index (χ0n) is 16.7. The molecule has 144 valence electrons. The van der Waals surface area contributed by atoms with Gasteiger partial charge in [-0.3, -0.25) is 9.67 Å². The van der Waals surface area contributed by atoms with E-state index in [9.17, 15) is 4.39 Å². The molecule has 0 unspecified atom stereocenters. The maximum absolute atomic E-state index is 13.4. The average Bonchev–Trinajstić information content (AvgIpc) is 3.00. The molecule has 0 aromatic carbocycles. The van der Waals surface area contributed by atoms with Crippen molar-refractivity contribution in [1.29, 1.82) is 0 Å². The normalized spacial score (nSPS) is 22.7. The second-order valence-electron chi connectivity index (χ2n) is 8.86. The van der Waals surface area contributed by atoms with Gasteiger partial charge < -0.3 is 14.0 Å². The van der Waals surface area contributed by atoms with Gasteiger partial charge in [-0.15, -0.1) is 0 Å². The Morgan fingerprint density at radius 2 is 1.74 bits per heavy atom. The highest BCUT2D eigenvalue weighted by atomic mass is 19.1. The molecule has 1 saturated heterocycles. The second-order valence-corrected chi connectivity index (χ2v) is 8.86. The Morgan fingerprint density at radius 1 is 1.07 bits per heavy atom. The molecular formula is C19H25BFN3O3. The van der Waals surface area contributed by atoms with Crippen LogP contribution in [0.15, 0.2) is 18.3 Å². The van der Waals surface area contributed by atoms with Crippen LogP contribution in [-0.4, -0.2) is 38.7 Å². The number of halogens is 1. The van der Waals surface area contributed by atoms with E-state index in [1.807, 2.05) is 46.2 Å². The van der Waals surface area contributed by atoms with Crippen LogP contribution in [0, 0.1) is 5.82 Å². The van der Waals surface area contributed by atoms with Crippen LogP contribution in [0.3, 0.4) is 0 Å². The molecule has 0 spiro atoms. The van der Waals surface area contributed by atoms with Crippen LogP contribution in [-0.2, 0) is 27.2 Å². The molecule has 0 saturated carbocycles. The van der Waals surface area contributed by atoms with Crippen molar-refractivity contribution in [1.82, 2.24) is 14.8 Å². The van der Waals surface area contributed by atoms with Crippen LogP contribution in [0.5, 0.6) is 0 Å². The first-order chi connectivity index (χ1) is 12.5. The Bertz CT molecular complexity index is 861. The molecule has 2 aromatic rings. The quantitative estimate of drug-likeness (QED) is 0.758. The minimum Gasteiger partial charge on any atom is -0.399 e. The van der Waals surface area contributed by atoms with E-state index in [1.54, 1.807) is 6.07 Å². The molecule has 0 atom stereocenters. The van der Waals surface area contributed by atoms with E-state index >= 15 is 0 Å². The highest BCUT2D eigenvalue weighted by molar-refractivity contribution is 6.64. The van der Waals surface area contributed by atoms with Crippen molar-refractivity contribution in [3.63, 3.8) is 0 Å². The Balaban J connectivity index is 1.85. The molecule has 0 N–H and O–H groups in total. The van der Waals surface area contributed by atoms with Gasteiger partial charge in [0, 0.05) is 5.46 Å². The number of fused-ring (bicyclic) bond motifs is 1. The van der Waals surface area contributed by atoms with Gasteiger partial charge in [0.2, 0.25) is 0 Å². The van der Waals surface area contributed by atoms with Crippen LogP contribution < -0.4 is 5.46 Å². The molecule has 2 aliphatic heterocycles. The Hall–Kier alpha value is -1.77. The highest BCUT2D eigenvalue weighted by Gasteiger charge is 2.54. The number of pyridine rings is 1. The molecule has 0 amide bonds. The summed E-state index contributed by atoms with van der Waals surface area (Å²) < 4.78 is 33.9. The fourth-order valence-electron chi connectivity index (χ4n) is 3.38. The van der Waals surface area contributed by atoms with E-state index in [-0.39, 0.29) is 11.4 Å². The summed E-state index contributed by atoms with van der Waals surface area (Å²) in [5.74, 6) is -0.385. The first-order valence-corrected chi connectivity index (χ1v) is 9.20. The smallest absolute Gasteiger partial charge is 0.399 e. The largest absolute Gasteiger partial charge is 0.499 e. The van der Waals surface area contributed by atoms with E-state index < -0.39 is 18.3 Å². The van der Waals surface area contributed by atoms with E-state index in [1.165, 1.54) is 12.3 Å². The van der Waals surface area contributed by atoms with Crippen LogP contribution in [0.25, 0.3) is 11.4 Å². The first kappa shape index (κ1) is 18.6. The summed E-state index contributed by atoms with van der Waals surface area (Å²) >= 11 is 0. The third-order valence-electron chi connectivity index (χ3n) is 5.69. The molecule has 0 aliphatic carbocycles. The van der Waals surface area contributed by atoms with Crippen molar-refractivity contribution >= 4 is 12.6 Å². The summed E-state index contributed by atoms with van der Waals surface area (Å²) in [5.41, 5.74) is 1.67. The third-order valence-corrected chi connectivity index (χ3v) is 5.69. The summed E-state index contributed by atoms with van der Waals surface area (Å²) in [5, 5.41) is 4.78. The molecule has 0 bridgehead atoms. The van der Waals surface area contributed by atoms with Gasteiger partial charge in [0.15, 0.2) is 0 Å². The van der Waals surface area contributed by atoms with Gasteiger partial charge in [0.05, 0.1) is 47.5 Å². The minimum atomic E-state index is -0.592. The lowest BCUT2D eigenvalue weighted by Gasteiger charge is -2.32. The molecule has 2 aliphatic rings. The van der Waals surface area contributed by atoms with E-state index in [0.29, 0.717) is 24.5 Å². The van der Waals surface area contributed by atoms with Crippen LogP contribution in [0.4, 0.5) is 4.39 Å². The molecule has 6 nitrogen and oxygen atoms in total. The predicted octanol–water partition coefficient (Wildman–Crippen LogP) is 2.69. The lowest BCUT2D eigenvalue weighted by Crippen LogP contribution is -2.42. The Kier molecular flexibility index (Phi) is 4.04. The summed E-state index contributed by atoms with van der Waals surface area (Å²) in [6.45, 7) is 13.1. The number of ether oxygens (including phenoxy) is 1. The van der Waals surface area contributed by atoms with Crippen molar-refractivity contribution in [3.05, 3.63) is 29.8 Å². The zero-order valence-corrected chi connectivity index (χ0v) is 16.7. The van der Waals surface area contributed by atoms with E-state index in [0.717, 1.165) is 11.2 Å². The summed E-state index contributed by atoms with van der Waals surface area (Å²) in [6, 6.07) is 3.01. The predicted molar refractivity (Wildman–Crippen MR) is 100 cm³/mol. The van der Waals surface area contributed by atoms with E-state index in [4.69, 9.17) is 19.1 Å². The van der Waals surface area contributed by atoms with Crippen LogP contribution in [0.2, 0.25) is 0 Å². The second kappa shape index (κ2) is 5.86. The molecule has 1 fully saturated rings. The maximum atomic E-state index is 13.4. The summed E-state index contributed by atoms with van der Waals surface area (Å²) in [6.07, 6.45) is 1.20. The monoisotopic (exact) mass is 373 g/mol. The summed E-state index contributed by atoms with van der Waals surface area (Å²) in [4.78, 5) is 4.23. The fraction of sp³-hybridized carbons (Fsp3) is 0.579. The molecule has 0 radical (unpaired) electrons. The van der Waals surface area contributed by atoms with Crippen molar-refractivity contribution in [2.45, 2.75) is 71.5 Å². The van der Waals surface area contributed by atoms with Gasteiger partial charge in [-0.05, 0) is 53.7 Å². The van der Waals surface area contributed by atoms with Crippen molar-refractivity contribution in [3.8, 4) is 11.4 Å². The van der Waals surface area contributed by atoms with Crippen molar-refractivity contribution in [2.24, 2.45) is 0 Å². The van der Waals surface area contributed by atoms with E-state index in [2.05, 4.69) is 4.98 Å². The zero-order chi connectivity index (χ0) is 19.6. The highest BCUT2D eigenvalue weighted by Crippen LogP contribution is 2.38.